The van der Waals surface area contributed by atoms with Gasteiger partial charge in [-0.15, -0.1) is 0 Å². The van der Waals surface area contributed by atoms with Crippen molar-refractivity contribution in [3.63, 3.8) is 0 Å². The molecule has 1 amide bonds. The summed E-state index contributed by atoms with van der Waals surface area (Å²) in [6, 6.07) is 20.7. The maximum absolute atomic E-state index is 13.3. The van der Waals surface area contributed by atoms with E-state index in [-0.39, 0.29) is 12.3 Å². The number of aryl methyl sites for hydroxylation is 1. The maximum Gasteiger partial charge on any atom is 0.418 e. The van der Waals surface area contributed by atoms with Crippen LogP contribution in [0, 0.1) is 5.92 Å². The Morgan fingerprint density at radius 3 is 2.35 bits per heavy atom. The van der Waals surface area contributed by atoms with Crippen molar-refractivity contribution in [3.8, 4) is 0 Å². The zero-order valence-corrected chi connectivity index (χ0v) is 18.9. The molecule has 1 unspecified atom stereocenters. The summed E-state index contributed by atoms with van der Waals surface area (Å²) >= 11 is 0. The maximum atomic E-state index is 13.3. The second kappa shape index (κ2) is 10.3. The zero-order valence-electron chi connectivity index (χ0n) is 18.9. The number of amides is 1. The Bertz CT molecular complexity index is 816. The molecule has 3 heterocycles. The van der Waals surface area contributed by atoms with Gasteiger partial charge in [0.25, 0.3) is 0 Å². The number of quaternary nitrogens is 1. The van der Waals surface area contributed by atoms with Crippen LogP contribution in [0.25, 0.3) is 0 Å². The number of piperidine rings is 3. The molecule has 0 spiro atoms. The average Bonchev–Trinajstić information content (AvgIpc) is 2.82. The Labute approximate surface area is 187 Å². The molecule has 1 atom stereocenters. The van der Waals surface area contributed by atoms with Gasteiger partial charge >= 0.3 is 6.09 Å². The van der Waals surface area contributed by atoms with Gasteiger partial charge in [0.15, 0.2) is 0 Å². The molecule has 4 heteroatoms. The lowest BCUT2D eigenvalue weighted by atomic mass is 9.84. The summed E-state index contributed by atoms with van der Waals surface area (Å²) in [5.74, 6) is 0.716. The highest BCUT2D eigenvalue weighted by molar-refractivity contribution is 5.87. The first-order valence-electron chi connectivity index (χ1n) is 12.1. The Morgan fingerprint density at radius 2 is 1.68 bits per heavy atom. The highest BCUT2D eigenvalue weighted by Gasteiger charge is 2.49. The van der Waals surface area contributed by atoms with E-state index in [9.17, 15) is 4.79 Å². The number of ether oxygens (including phenoxy) is 1. The fourth-order valence-corrected chi connectivity index (χ4v) is 5.37. The third-order valence-corrected chi connectivity index (χ3v) is 7.28. The van der Waals surface area contributed by atoms with Gasteiger partial charge in [0.1, 0.15) is 0 Å². The number of rotatable bonds is 9. The van der Waals surface area contributed by atoms with Gasteiger partial charge in [0.05, 0.1) is 19.6 Å². The monoisotopic (exact) mass is 421 g/mol. The predicted octanol–water partition coefficient (Wildman–Crippen LogP) is 6.02. The molecular formula is C27H37N2O2+. The molecule has 3 saturated heterocycles. The third-order valence-electron chi connectivity index (χ3n) is 7.28. The number of benzene rings is 2. The Balaban J connectivity index is 1.43. The van der Waals surface area contributed by atoms with Crippen molar-refractivity contribution in [3.05, 3.63) is 66.2 Å². The minimum Gasteiger partial charge on any atom is -0.396 e. The van der Waals surface area contributed by atoms with E-state index >= 15 is 0 Å². The number of carbonyl (C=O) groups is 1. The Hall–Kier alpha value is -2.33. The number of para-hydroxylation sites is 1. The molecule has 2 aromatic rings. The molecular weight excluding hydrogens is 384 g/mol. The molecule has 2 bridgehead atoms. The Kier molecular flexibility index (Phi) is 7.29. The molecule has 0 aromatic heterocycles. The summed E-state index contributed by atoms with van der Waals surface area (Å²) in [5.41, 5.74) is 2.34. The van der Waals surface area contributed by atoms with Crippen molar-refractivity contribution in [2.24, 2.45) is 5.92 Å². The van der Waals surface area contributed by atoms with Crippen LogP contribution in [0.15, 0.2) is 60.7 Å². The van der Waals surface area contributed by atoms with Crippen LogP contribution < -0.4 is 4.90 Å². The first-order chi connectivity index (χ1) is 15.2. The van der Waals surface area contributed by atoms with Crippen LogP contribution in [0.5, 0.6) is 0 Å². The van der Waals surface area contributed by atoms with Gasteiger partial charge in [0, 0.05) is 37.9 Å². The van der Waals surface area contributed by atoms with Crippen LogP contribution in [0.2, 0.25) is 0 Å². The van der Waals surface area contributed by atoms with Crippen molar-refractivity contribution in [2.45, 2.75) is 58.1 Å². The van der Waals surface area contributed by atoms with Gasteiger partial charge in [-0.25, -0.2) is 4.79 Å². The van der Waals surface area contributed by atoms with Crippen LogP contribution in [-0.2, 0) is 11.2 Å². The summed E-state index contributed by atoms with van der Waals surface area (Å²) in [4.78, 5) is 15.2. The van der Waals surface area contributed by atoms with E-state index in [0.717, 1.165) is 61.9 Å². The minimum absolute atomic E-state index is 0.00334. The predicted molar refractivity (Wildman–Crippen MR) is 126 cm³/mol. The lowest BCUT2D eigenvalue weighted by molar-refractivity contribution is -0.984. The van der Waals surface area contributed by atoms with Crippen molar-refractivity contribution in [2.75, 3.05) is 31.1 Å². The molecule has 0 saturated carbocycles. The van der Waals surface area contributed by atoms with Gasteiger partial charge in [-0.2, -0.15) is 0 Å². The minimum atomic E-state index is -0.169. The van der Waals surface area contributed by atoms with Crippen LogP contribution in [0.3, 0.4) is 0 Å². The molecule has 2 aromatic carbocycles. The summed E-state index contributed by atoms with van der Waals surface area (Å²) < 4.78 is 7.27. The highest BCUT2D eigenvalue weighted by Crippen LogP contribution is 2.39. The smallest absolute Gasteiger partial charge is 0.396 e. The average molecular weight is 422 g/mol. The number of unbranched alkanes of at least 4 members (excludes halogenated alkanes) is 1. The molecule has 0 radical (unpaired) electrons. The normalized spacial score (nSPS) is 24.7. The van der Waals surface area contributed by atoms with E-state index in [1.54, 1.807) is 0 Å². The lowest BCUT2D eigenvalue weighted by Gasteiger charge is -2.53. The van der Waals surface area contributed by atoms with E-state index in [2.05, 4.69) is 37.3 Å². The van der Waals surface area contributed by atoms with Crippen LogP contribution in [-0.4, -0.2) is 43.0 Å². The van der Waals surface area contributed by atoms with Crippen molar-refractivity contribution in [1.29, 1.82) is 0 Å². The fraction of sp³-hybridized carbons (Fsp3) is 0.519. The number of anilines is 1. The number of fused-ring (bicyclic) bond motifs is 3. The summed E-state index contributed by atoms with van der Waals surface area (Å²) in [5, 5.41) is 0. The van der Waals surface area contributed by atoms with E-state index in [1.165, 1.54) is 18.4 Å². The molecule has 31 heavy (non-hydrogen) atoms. The van der Waals surface area contributed by atoms with Gasteiger partial charge in [-0.1, -0.05) is 61.9 Å². The van der Waals surface area contributed by atoms with Crippen LogP contribution in [0.1, 0.15) is 51.0 Å². The van der Waals surface area contributed by atoms with Gasteiger partial charge in [-0.05, 0) is 36.5 Å². The molecule has 3 aliphatic rings. The molecule has 3 aliphatic heterocycles. The molecule has 4 nitrogen and oxygen atoms in total. The number of carbonyl (C=O) groups excluding carboxylic acids is 1. The van der Waals surface area contributed by atoms with Gasteiger partial charge in [0.2, 0.25) is 6.23 Å². The second-order valence-corrected chi connectivity index (χ2v) is 9.34. The summed E-state index contributed by atoms with van der Waals surface area (Å²) in [6.45, 7) is 6.27. The van der Waals surface area contributed by atoms with E-state index in [1.807, 2.05) is 35.2 Å². The van der Waals surface area contributed by atoms with Crippen molar-refractivity contribution in [1.82, 2.24) is 0 Å². The lowest BCUT2D eigenvalue weighted by Crippen LogP contribution is -2.66. The topological polar surface area (TPSA) is 29.5 Å². The largest absolute Gasteiger partial charge is 0.418 e. The molecule has 5 rings (SSSR count). The van der Waals surface area contributed by atoms with Gasteiger partial charge in [-0.3, -0.25) is 9.38 Å². The standard InChI is InChI=1S/C27H37N2O2/c1-2-3-18-28(25-14-8-5-9-15-25)27(30)31-26-22-24-16-20-29(26,21-17-24)19-10-13-23-11-6-4-7-12-23/h4-9,11-12,14-15,24,26H,2-3,10,13,16-22H2,1H3/q+1. The fourth-order valence-electron chi connectivity index (χ4n) is 5.37. The second-order valence-electron chi connectivity index (χ2n) is 9.34. The SMILES string of the molecule is CCCCN(C(=O)OC1CC2CC[N+]1(CCCc1ccccc1)CC2)c1ccccc1. The molecule has 166 valence electrons. The van der Waals surface area contributed by atoms with Crippen LogP contribution >= 0.6 is 0 Å². The zero-order chi connectivity index (χ0) is 21.5. The van der Waals surface area contributed by atoms with E-state index < -0.39 is 0 Å². The first kappa shape index (κ1) is 21.9. The number of nitrogens with zero attached hydrogens (tertiary/aromatic N) is 2. The first-order valence-corrected chi connectivity index (χ1v) is 12.1. The van der Waals surface area contributed by atoms with E-state index in [0.29, 0.717) is 12.5 Å². The molecule has 0 aliphatic carbocycles. The summed E-state index contributed by atoms with van der Waals surface area (Å²) in [7, 11) is 0. The molecule has 3 fully saturated rings. The highest BCUT2D eigenvalue weighted by atomic mass is 16.6. The third kappa shape index (κ3) is 5.30. The van der Waals surface area contributed by atoms with Crippen molar-refractivity contribution < 1.29 is 14.0 Å². The number of hydrogen-bond acceptors (Lipinski definition) is 2. The van der Waals surface area contributed by atoms with Gasteiger partial charge < -0.3 is 4.74 Å². The Morgan fingerprint density at radius 1 is 1.00 bits per heavy atom. The van der Waals surface area contributed by atoms with Crippen molar-refractivity contribution >= 4 is 11.8 Å². The van der Waals surface area contributed by atoms with E-state index in [4.69, 9.17) is 4.74 Å². The molecule has 0 N–H and O–H groups in total. The quantitative estimate of drug-likeness (QED) is 0.463. The van der Waals surface area contributed by atoms with Crippen LogP contribution in [0.4, 0.5) is 10.5 Å². The summed E-state index contributed by atoms with van der Waals surface area (Å²) in [6.07, 6.45) is 7.68. The number of hydrogen-bond donors (Lipinski definition) is 0.